The van der Waals surface area contributed by atoms with Crippen LogP contribution in [0.1, 0.15) is 53.3 Å². The minimum Gasteiger partial charge on any atom is -0.452 e. The summed E-state index contributed by atoms with van der Waals surface area (Å²) in [5, 5.41) is 3.56. The first-order valence-electron chi connectivity index (χ1n) is 11.3. The predicted molar refractivity (Wildman–Crippen MR) is 130 cm³/mol. The quantitative estimate of drug-likeness (QED) is 0.548. The van der Waals surface area contributed by atoms with Crippen LogP contribution in [-0.2, 0) is 33.7 Å². The third-order valence-electron chi connectivity index (χ3n) is 6.10. The second-order valence-electron chi connectivity index (χ2n) is 8.78. The molecular formula is C25H29N3O4S. The highest BCUT2D eigenvalue weighted by Crippen LogP contribution is 2.33. The molecule has 2 aromatic heterocycles. The number of benzene rings is 1. The first kappa shape index (κ1) is 23.2. The Bertz CT molecular complexity index is 1270. The number of aromatic nitrogens is 2. The van der Waals surface area contributed by atoms with Gasteiger partial charge in [0.15, 0.2) is 6.10 Å². The maximum Gasteiger partial charge on any atom is 0.308 e. The van der Waals surface area contributed by atoms with Crippen molar-refractivity contribution in [3.05, 3.63) is 55.9 Å². The van der Waals surface area contributed by atoms with Gasteiger partial charge in [-0.3, -0.25) is 19.0 Å². The summed E-state index contributed by atoms with van der Waals surface area (Å²) < 4.78 is 6.79. The third-order valence-corrected chi connectivity index (χ3v) is 7.30. The Labute approximate surface area is 196 Å². The number of rotatable bonds is 6. The molecule has 0 radical (unpaired) electrons. The Morgan fingerprint density at radius 1 is 1.18 bits per heavy atom. The molecule has 1 unspecified atom stereocenters. The van der Waals surface area contributed by atoms with E-state index in [1.54, 1.807) is 18.3 Å². The van der Waals surface area contributed by atoms with Crippen molar-refractivity contribution < 1.29 is 14.3 Å². The lowest BCUT2D eigenvalue weighted by atomic mass is 9.97. The van der Waals surface area contributed by atoms with Crippen LogP contribution in [0.2, 0.25) is 0 Å². The standard InChI is InChI=1S/C25H29N3O4S/c1-14-11-15(2)22(16(3)12-14)27-23(30)17(4)32-20(29)9-10-28-13-26-24-21(25(28)31)18-7-5-6-8-19(18)33-24/h11-13,17H,5-10H2,1-4H3,(H,27,30). The van der Waals surface area contributed by atoms with Crippen molar-refractivity contribution in [2.24, 2.45) is 0 Å². The molecule has 174 valence electrons. The molecule has 33 heavy (non-hydrogen) atoms. The molecule has 1 atom stereocenters. The van der Waals surface area contributed by atoms with E-state index >= 15 is 0 Å². The van der Waals surface area contributed by atoms with Gasteiger partial charge in [0.1, 0.15) is 4.83 Å². The molecule has 1 aliphatic carbocycles. The minimum absolute atomic E-state index is 0.0143. The van der Waals surface area contributed by atoms with E-state index in [2.05, 4.69) is 10.3 Å². The summed E-state index contributed by atoms with van der Waals surface area (Å²) in [4.78, 5) is 44.4. The van der Waals surface area contributed by atoms with E-state index in [-0.39, 0.29) is 24.4 Å². The highest BCUT2D eigenvalue weighted by Gasteiger charge is 2.22. The molecule has 0 spiro atoms. The molecule has 0 saturated heterocycles. The molecule has 0 fully saturated rings. The van der Waals surface area contributed by atoms with Gasteiger partial charge in [0.2, 0.25) is 0 Å². The van der Waals surface area contributed by atoms with Gasteiger partial charge < -0.3 is 10.1 Å². The van der Waals surface area contributed by atoms with Gasteiger partial charge in [-0.1, -0.05) is 17.7 Å². The van der Waals surface area contributed by atoms with Crippen LogP contribution in [0.5, 0.6) is 0 Å². The molecule has 7 nitrogen and oxygen atoms in total. The number of nitrogens with zero attached hydrogens (tertiary/aromatic N) is 2. The van der Waals surface area contributed by atoms with Crippen LogP contribution in [0.3, 0.4) is 0 Å². The lowest BCUT2D eigenvalue weighted by Gasteiger charge is -2.17. The maximum absolute atomic E-state index is 13.0. The molecule has 1 N–H and O–H groups in total. The highest BCUT2D eigenvalue weighted by molar-refractivity contribution is 7.18. The fourth-order valence-electron chi connectivity index (χ4n) is 4.46. The number of amides is 1. The molecule has 2 heterocycles. The van der Waals surface area contributed by atoms with Crippen molar-refractivity contribution in [1.82, 2.24) is 9.55 Å². The number of aryl methyl sites for hydroxylation is 6. The van der Waals surface area contributed by atoms with Crippen LogP contribution in [0, 0.1) is 20.8 Å². The Kier molecular flexibility index (Phi) is 6.65. The first-order chi connectivity index (χ1) is 15.7. The predicted octanol–water partition coefficient (Wildman–Crippen LogP) is 4.22. The minimum atomic E-state index is -0.946. The van der Waals surface area contributed by atoms with Crippen molar-refractivity contribution in [3.63, 3.8) is 0 Å². The zero-order valence-electron chi connectivity index (χ0n) is 19.5. The number of carbonyl (C=O) groups excluding carboxylic acids is 2. The number of hydrogen-bond acceptors (Lipinski definition) is 6. The summed E-state index contributed by atoms with van der Waals surface area (Å²) in [6, 6.07) is 3.99. The van der Waals surface area contributed by atoms with E-state index < -0.39 is 12.1 Å². The number of nitrogens with one attached hydrogen (secondary N) is 1. The van der Waals surface area contributed by atoms with Gasteiger partial charge in [-0.2, -0.15) is 0 Å². The fraction of sp³-hybridized carbons (Fsp3) is 0.440. The number of esters is 1. The smallest absolute Gasteiger partial charge is 0.308 e. The van der Waals surface area contributed by atoms with E-state index in [0.29, 0.717) is 5.39 Å². The van der Waals surface area contributed by atoms with Crippen molar-refractivity contribution in [2.45, 2.75) is 72.4 Å². The normalized spacial score (nSPS) is 14.1. The monoisotopic (exact) mass is 467 g/mol. The van der Waals surface area contributed by atoms with Gasteiger partial charge in [0, 0.05) is 17.1 Å². The van der Waals surface area contributed by atoms with Gasteiger partial charge in [-0.05, 0) is 70.1 Å². The number of thiophene rings is 1. The Hall–Kier alpha value is -3.00. The van der Waals surface area contributed by atoms with Crippen molar-refractivity contribution >= 4 is 39.1 Å². The molecule has 4 rings (SSSR count). The van der Waals surface area contributed by atoms with Crippen LogP contribution >= 0.6 is 11.3 Å². The lowest BCUT2D eigenvalue weighted by molar-refractivity contribution is -0.153. The number of fused-ring (bicyclic) bond motifs is 3. The van der Waals surface area contributed by atoms with Crippen molar-refractivity contribution in [3.8, 4) is 0 Å². The summed E-state index contributed by atoms with van der Waals surface area (Å²) in [6.45, 7) is 7.57. The number of anilines is 1. The average molecular weight is 468 g/mol. The molecule has 1 aromatic carbocycles. The van der Waals surface area contributed by atoms with E-state index in [0.717, 1.165) is 58.5 Å². The largest absolute Gasteiger partial charge is 0.452 e. The molecule has 0 bridgehead atoms. The summed E-state index contributed by atoms with van der Waals surface area (Å²) in [7, 11) is 0. The maximum atomic E-state index is 13.0. The summed E-state index contributed by atoms with van der Waals surface area (Å²) in [5.41, 5.74) is 4.78. The fourth-order valence-corrected chi connectivity index (χ4v) is 5.68. The number of hydrogen-bond donors (Lipinski definition) is 1. The Morgan fingerprint density at radius 2 is 1.88 bits per heavy atom. The molecular weight excluding hydrogens is 438 g/mol. The first-order valence-corrected chi connectivity index (χ1v) is 12.1. The zero-order chi connectivity index (χ0) is 23.7. The Morgan fingerprint density at radius 3 is 2.61 bits per heavy atom. The SMILES string of the molecule is Cc1cc(C)c(NC(=O)C(C)OC(=O)CCn2cnc3sc4c(c3c2=O)CCCC4)c(C)c1. The topological polar surface area (TPSA) is 90.3 Å². The molecule has 1 amide bonds. The van der Waals surface area contributed by atoms with E-state index in [9.17, 15) is 14.4 Å². The van der Waals surface area contributed by atoms with Gasteiger partial charge in [-0.15, -0.1) is 11.3 Å². The van der Waals surface area contributed by atoms with Crippen LogP contribution in [-0.4, -0.2) is 27.5 Å². The van der Waals surface area contributed by atoms with E-state index in [4.69, 9.17) is 4.74 Å². The number of carbonyl (C=O) groups is 2. The number of ether oxygens (including phenoxy) is 1. The second kappa shape index (κ2) is 9.47. The van der Waals surface area contributed by atoms with E-state index in [1.165, 1.54) is 15.8 Å². The second-order valence-corrected chi connectivity index (χ2v) is 9.86. The third kappa shape index (κ3) is 4.85. The summed E-state index contributed by atoms with van der Waals surface area (Å²) in [6.07, 6.45) is 4.68. The van der Waals surface area contributed by atoms with Crippen LogP contribution < -0.4 is 10.9 Å². The highest BCUT2D eigenvalue weighted by atomic mass is 32.1. The van der Waals surface area contributed by atoms with Crippen LogP contribution in [0.15, 0.2) is 23.3 Å². The van der Waals surface area contributed by atoms with Crippen molar-refractivity contribution in [2.75, 3.05) is 5.32 Å². The molecule has 3 aromatic rings. The Balaban J connectivity index is 1.38. The van der Waals surface area contributed by atoms with Crippen LogP contribution in [0.4, 0.5) is 5.69 Å². The molecule has 0 aliphatic heterocycles. The molecule has 0 saturated carbocycles. The molecule has 8 heteroatoms. The van der Waals surface area contributed by atoms with Gasteiger partial charge in [0.25, 0.3) is 11.5 Å². The summed E-state index contributed by atoms with van der Waals surface area (Å²) in [5.74, 6) is -0.919. The lowest BCUT2D eigenvalue weighted by Crippen LogP contribution is -2.31. The molecule has 1 aliphatic rings. The van der Waals surface area contributed by atoms with Gasteiger partial charge in [0.05, 0.1) is 18.1 Å². The van der Waals surface area contributed by atoms with Gasteiger partial charge in [-0.25, -0.2) is 4.98 Å². The van der Waals surface area contributed by atoms with Crippen LogP contribution in [0.25, 0.3) is 10.2 Å². The van der Waals surface area contributed by atoms with Gasteiger partial charge >= 0.3 is 5.97 Å². The van der Waals surface area contributed by atoms with E-state index in [1.807, 2.05) is 32.9 Å². The average Bonchev–Trinajstić information content (AvgIpc) is 3.15. The van der Waals surface area contributed by atoms with Crippen molar-refractivity contribution in [1.29, 1.82) is 0 Å². The summed E-state index contributed by atoms with van der Waals surface area (Å²) >= 11 is 1.60. The zero-order valence-corrected chi connectivity index (χ0v) is 20.3.